The van der Waals surface area contributed by atoms with Crippen LogP contribution in [0, 0.1) is 20.8 Å². The number of ketones is 1. The highest BCUT2D eigenvalue weighted by molar-refractivity contribution is 9.10. The largest absolute Gasteiger partial charge is 0.454 e. The van der Waals surface area contributed by atoms with Gasteiger partial charge in [-0.1, -0.05) is 17.7 Å². The number of halogens is 1. The summed E-state index contributed by atoms with van der Waals surface area (Å²) in [7, 11) is 0. The van der Waals surface area contributed by atoms with Gasteiger partial charge in [0.1, 0.15) is 0 Å². The summed E-state index contributed by atoms with van der Waals surface area (Å²) in [4.78, 5) is 28.1. The molecule has 0 atom stereocenters. The fraction of sp³-hybridized carbons (Fsp3) is 0.235. The molecule has 0 spiro atoms. The van der Waals surface area contributed by atoms with Crippen molar-refractivity contribution in [3.05, 3.63) is 62.9 Å². The minimum Gasteiger partial charge on any atom is -0.454 e. The number of carbonyl (C=O) groups is 2. The van der Waals surface area contributed by atoms with E-state index in [0.717, 1.165) is 16.7 Å². The number of ether oxygens (including phenoxy) is 1. The summed E-state index contributed by atoms with van der Waals surface area (Å²) in [5.74, 6) is -0.768. The van der Waals surface area contributed by atoms with E-state index in [1.54, 1.807) is 12.3 Å². The van der Waals surface area contributed by atoms with Crippen LogP contribution in [-0.2, 0) is 4.74 Å². The number of Topliss-reactive ketones (excluding diaryl/α,β-unsaturated/α-hetero) is 1. The average Bonchev–Trinajstić information content (AvgIpc) is 2.43. The van der Waals surface area contributed by atoms with Gasteiger partial charge < -0.3 is 4.74 Å². The molecule has 0 saturated carbocycles. The number of pyridine rings is 1. The molecule has 0 aliphatic heterocycles. The molecule has 0 N–H and O–H groups in total. The molecule has 114 valence electrons. The molecular formula is C17H16BrNO3. The van der Waals surface area contributed by atoms with E-state index in [1.165, 1.54) is 6.20 Å². The molecule has 0 aliphatic rings. The predicted molar refractivity (Wildman–Crippen MR) is 87.2 cm³/mol. The van der Waals surface area contributed by atoms with Crippen LogP contribution in [0.5, 0.6) is 0 Å². The summed E-state index contributed by atoms with van der Waals surface area (Å²) in [6.07, 6.45) is 2.97. The Kier molecular flexibility index (Phi) is 5.08. The second-order valence-electron chi connectivity index (χ2n) is 5.16. The lowest BCUT2D eigenvalue weighted by Gasteiger charge is -2.10. The second kappa shape index (κ2) is 6.83. The highest BCUT2D eigenvalue weighted by Crippen LogP contribution is 2.17. The van der Waals surface area contributed by atoms with Crippen LogP contribution in [0.2, 0.25) is 0 Å². The summed E-state index contributed by atoms with van der Waals surface area (Å²) in [5, 5.41) is 0. The summed E-state index contributed by atoms with van der Waals surface area (Å²) < 4.78 is 5.77. The van der Waals surface area contributed by atoms with Crippen LogP contribution in [0.1, 0.15) is 37.4 Å². The van der Waals surface area contributed by atoms with Crippen molar-refractivity contribution in [3.8, 4) is 0 Å². The van der Waals surface area contributed by atoms with Crippen LogP contribution in [-0.4, -0.2) is 23.3 Å². The first kappa shape index (κ1) is 16.4. The molecule has 0 bridgehead atoms. The fourth-order valence-corrected chi connectivity index (χ4v) is 2.79. The van der Waals surface area contributed by atoms with Gasteiger partial charge in [-0.2, -0.15) is 0 Å². The minimum atomic E-state index is -0.565. The third-order valence-corrected chi connectivity index (χ3v) is 3.66. The van der Waals surface area contributed by atoms with Gasteiger partial charge >= 0.3 is 5.97 Å². The molecule has 2 rings (SSSR count). The highest BCUT2D eigenvalue weighted by Gasteiger charge is 2.16. The topological polar surface area (TPSA) is 56.3 Å². The first-order valence-electron chi connectivity index (χ1n) is 6.77. The number of nitrogens with zero attached hydrogens (tertiary/aromatic N) is 1. The standard InChI is InChI=1S/C17H16BrNO3/c1-10-4-11(2)16(12(3)5-10)15(20)9-22-17(21)13-6-14(18)8-19-7-13/h4-8H,9H2,1-3H3. The van der Waals surface area contributed by atoms with Crippen molar-refractivity contribution < 1.29 is 14.3 Å². The molecule has 0 unspecified atom stereocenters. The molecule has 1 aromatic heterocycles. The maximum absolute atomic E-state index is 12.3. The van der Waals surface area contributed by atoms with Gasteiger partial charge in [0.05, 0.1) is 5.56 Å². The van der Waals surface area contributed by atoms with E-state index < -0.39 is 5.97 Å². The van der Waals surface area contributed by atoms with Gasteiger partial charge in [0.25, 0.3) is 0 Å². The van der Waals surface area contributed by atoms with Crippen molar-refractivity contribution in [1.29, 1.82) is 0 Å². The van der Waals surface area contributed by atoms with Gasteiger partial charge in [0.2, 0.25) is 5.78 Å². The van der Waals surface area contributed by atoms with E-state index in [-0.39, 0.29) is 12.4 Å². The third-order valence-electron chi connectivity index (χ3n) is 3.23. The predicted octanol–water partition coefficient (Wildman–Crippen LogP) is 3.81. The van der Waals surface area contributed by atoms with Gasteiger partial charge in [-0.3, -0.25) is 9.78 Å². The Balaban J connectivity index is 2.09. The van der Waals surface area contributed by atoms with Crippen LogP contribution in [0.3, 0.4) is 0 Å². The maximum Gasteiger partial charge on any atom is 0.340 e. The molecule has 2 aromatic rings. The van der Waals surface area contributed by atoms with Gasteiger partial charge in [0.15, 0.2) is 6.61 Å². The van der Waals surface area contributed by atoms with Crippen LogP contribution in [0.15, 0.2) is 35.1 Å². The van der Waals surface area contributed by atoms with Crippen LogP contribution >= 0.6 is 15.9 Å². The molecule has 0 saturated heterocycles. The molecule has 0 aliphatic carbocycles. The van der Waals surface area contributed by atoms with Crippen LogP contribution < -0.4 is 0 Å². The zero-order valence-electron chi connectivity index (χ0n) is 12.6. The minimum absolute atomic E-state index is 0.202. The molecule has 5 heteroatoms. The lowest BCUT2D eigenvalue weighted by Crippen LogP contribution is -2.16. The third kappa shape index (κ3) is 3.80. The molecule has 1 aromatic carbocycles. The molecule has 22 heavy (non-hydrogen) atoms. The summed E-state index contributed by atoms with van der Waals surface area (Å²) in [6, 6.07) is 5.49. The van der Waals surface area contributed by atoms with Crippen molar-refractivity contribution >= 4 is 27.7 Å². The van der Waals surface area contributed by atoms with E-state index in [0.29, 0.717) is 15.6 Å². The van der Waals surface area contributed by atoms with E-state index in [9.17, 15) is 9.59 Å². The molecule has 0 fully saturated rings. The molecule has 1 heterocycles. The van der Waals surface area contributed by atoms with E-state index in [2.05, 4.69) is 20.9 Å². The molecule has 4 nitrogen and oxygen atoms in total. The lowest BCUT2D eigenvalue weighted by atomic mass is 9.97. The Hall–Kier alpha value is -2.01. The molecular weight excluding hydrogens is 346 g/mol. The zero-order valence-corrected chi connectivity index (χ0v) is 14.2. The monoisotopic (exact) mass is 361 g/mol. The normalized spacial score (nSPS) is 10.4. The Morgan fingerprint density at radius 2 is 1.73 bits per heavy atom. The van der Waals surface area contributed by atoms with E-state index >= 15 is 0 Å². The van der Waals surface area contributed by atoms with Crippen molar-refractivity contribution in [3.63, 3.8) is 0 Å². The van der Waals surface area contributed by atoms with Crippen LogP contribution in [0.25, 0.3) is 0 Å². The number of benzene rings is 1. The number of rotatable bonds is 4. The number of aromatic nitrogens is 1. The van der Waals surface area contributed by atoms with Crippen molar-refractivity contribution in [1.82, 2.24) is 4.98 Å². The summed E-state index contributed by atoms with van der Waals surface area (Å²) in [5.41, 5.74) is 3.80. The van der Waals surface area contributed by atoms with Gasteiger partial charge in [0, 0.05) is 22.4 Å². The molecule has 0 amide bonds. The Morgan fingerprint density at radius 1 is 1.09 bits per heavy atom. The number of carbonyl (C=O) groups excluding carboxylic acids is 2. The number of hydrogen-bond donors (Lipinski definition) is 0. The van der Waals surface area contributed by atoms with Crippen molar-refractivity contribution in [2.45, 2.75) is 20.8 Å². The summed E-state index contributed by atoms with van der Waals surface area (Å²) >= 11 is 3.24. The first-order chi connectivity index (χ1) is 10.4. The first-order valence-corrected chi connectivity index (χ1v) is 7.56. The second-order valence-corrected chi connectivity index (χ2v) is 6.08. The number of hydrogen-bond acceptors (Lipinski definition) is 4. The smallest absolute Gasteiger partial charge is 0.340 e. The van der Waals surface area contributed by atoms with Gasteiger partial charge in [-0.15, -0.1) is 0 Å². The fourth-order valence-electron chi connectivity index (χ4n) is 2.43. The quantitative estimate of drug-likeness (QED) is 0.613. The number of esters is 1. The van der Waals surface area contributed by atoms with Crippen LogP contribution in [0.4, 0.5) is 0 Å². The van der Waals surface area contributed by atoms with Gasteiger partial charge in [-0.05, 0) is 53.9 Å². The van der Waals surface area contributed by atoms with E-state index in [1.807, 2.05) is 32.9 Å². The van der Waals surface area contributed by atoms with Crippen molar-refractivity contribution in [2.75, 3.05) is 6.61 Å². The average molecular weight is 362 g/mol. The Morgan fingerprint density at radius 3 is 2.32 bits per heavy atom. The van der Waals surface area contributed by atoms with Crippen molar-refractivity contribution in [2.24, 2.45) is 0 Å². The zero-order chi connectivity index (χ0) is 16.3. The Labute approximate surface area is 137 Å². The lowest BCUT2D eigenvalue weighted by molar-refractivity contribution is 0.0474. The Bertz CT molecular complexity index is 717. The maximum atomic E-state index is 12.3. The summed E-state index contributed by atoms with van der Waals surface area (Å²) in [6.45, 7) is 5.46. The highest BCUT2D eigenvalue weighted by atomic mass is 79.9. The van der Waals surface area contributed by atoms with Gasteiger partial charge in [-0.25, -0.2) is 4.79 Å². The number of aryl methyl sites for hydroxylation is 3. The SMILES string of the molecule is Cc1cc(C)c(C(=O)COC(=O)c2cncc(Br)c2)c(C)c1. The molecule has 0 radical (unpaired) electrons. The van der Waals surface area contributed by atoms with E-state index in [4.69, 9.17) is 4.74 Å².